The Morgan fingerprint density at radius 1 is 1.24 bits per heavy atom. The molecule has 3 rings (SSSR count). The second kappa shape index (κ2) is 5.22. The molecule has 1 nitrogen and oxygen atoms in total. The Morgan fingerprint density at radius 3 is 3.00 bits per heavy atom. The van der Waals surface area contributed by atoms with E-state index in [1.165, 1.54) is 32.9 Å². The van der Waals surface area contributed by atoms with E-state index in [4.69, 9.17) is 5.73 Å². The molecular formula is C13H15NS3. The van der Waals surface area contributed by atoms with Crippen molar-refractivity contribution in [1.82, 2.24) is 0 Å². The van der Waals surface area contributed by atoms with Crippen molar-refractivity contribution in [3.63, 3.8) is 0 Å². The molecule has 0 radical (unpaired) electrons. The highest BCUT2D eigenvalue weighted by molar-refractivity contribution is 8.06. The molecule has 0 spiro atoms. The summed E-state index contributed by atoms with van der Waals surface area (Å²) < 4.78 is 1.37. The lowest BCUT2D eigenvalue weighted by molar-refractivity contribution is 0.726. The van der Waals surface area contributed by atoms with Crippen molar-refractivity contribution >= 4 is 44.9 Å². The summed E-state index contributed by atoms with van der Waals surface area (Å²) in [5.74, 6) is 3.70. The van der Waals surface area contributed by atoms with Crippen molar-refractivity contribution in [3.05, 3.63) is 35.2 Å². The van der Waals surface area contributed by atoms with Crippen molar-refractivity contribution in [3.8, 4) is 0 Å². The molecule has 0 aliphatic carbocycles. The fraction of sp³-hybridized carbons (Fsp3) is 0.385. The van der Waals surface area contributed by atoms with Crippen LogP contribution in [-0.2, 0) is 0 Å². The zero-order chi connectivity index (χ0) is 11.7. The molecule has 2 aromatic rings. The molecule has 2 heterocycles. The van der Waals surface area contributed by atoms with Gasteiger partial charge in [-0.15, -0.1) is 11.3 Å². The quantitative estimate of drug-likeness (QED) is 0.908. The highest BCUT2D eigenvalue weighted by Crippen LogP contribution is 2.36. The van der Waals surface area contributed by atoms with Crippen LogP contribution in [-0.4, -0.2) is 22.5 Å². The van der Waals surface area contributed by atoms with Crippen molar-refractivity contribution in [2.45, 2.75) is 11.3 Å². The van der Waals surface area contributed by atoms with E-state index in [9.17, 15) is 0 Å². The lowest BCUT2D eigenvalue weighted by atomic mass is 10.0. The van der Waals surface area contributed by atoms with Gasteiger partial charge in [0.25, 0.3) is 0 Å². The molecule has 1 aromatic carbocycles. The number of hydrogen-bond acceptors (Lipinski definition) is 4. The van der Waals surface area contributed by atoms with Crippen LogP contribution in [0.4, 0.5) is 0 Å². The molecule has 1 saturated heterocycles. The van der Waals surface area contributed by atoms with Crippen LogP contribution in [0.25, 0.3) is 10.1 Å². The Kier molecular flexibility index (Phi) is 3.66. The molecule has 1 aliphatic rings. The number of fused-ring (bicyclic) bond motifs is 1. The van der Waals surface area contributed by atoms with Gasteiger partial charge in [-0.1, -0.05) is 18.2 Å². The Balaban J connectivity index is 1.94. The minimum atomic E-state index is 0.176. The third kappa shape index (κ3) is 2.36. The van der Waals surface area contributed by atoms with Gasteiger partial charge in [-0.2, -0.15) is 23.5 Å². The second-order valence-electron chi connectivity index (χ2n) is 4.20. The van der Waals surface area contributed by atoms with Crippen molar-refractivity contribution < 1.29 is 0 Å². The van der Waals surface area contributed by atoms with Crippen LogP contribution in [0.2, 0.25) is 0 Å². The first-order valence-corrected chi connectivity index (χ1v) is 8.85. The number of hydrogen-bond donors (Lipinski definition) is 1. The van der Waals surface area contributed by atoms with Crippen LogP contribution < -0.4 is 5.73 Å². The van der Waals surface area contributed by atoms with Gasteiger partial charge in [0.05, 0.1) is 0 Å². The molecule has 2 atom stereocenters. The average Bonchev–Trinajstić information content (AvgIpc) is 2.87. The van der Waals surface area contributed by atoms with E-state index < -0.39 is 0 Å². The van der Waals surface area contributed by atoms with E-state index in [-0.39, 0.29) is 6.04 Å². The smallest absolute Gasteiger partial charge is 0.0437 e. The average molecular weight is 281 g/mol. The van der Waals surface area contributed by atoms with E-state index >= 15 is 0 Å². The van der Waals surface area contributed by atoms with E-state index in [1.54, 1.807) is 0 Å². The summed E-state index contributed by atoms with van der Waals surface area (Å²) in [5.41, 5.74) is 7.80. The van der Waals surface area contributed by atoms with E-state index in [0.29, 0.717) is 5.25 Å². The van der Waals surface area contributed by atoms with Crippen molar-refractivity contribution in [1.29, 1.82) is 0 Å². The van der Waals surface area contributed by atoms with Crippen LogP contribution >= 0.6 is 34.9 Å². The molecule has 2 N–H and O–H groups in total. The minimum Gasteiger partial charge on any atom is -0.323 e. The molecular weight excluding hydrogens is 266 g/mol. The van der Waals surface area contributed by atoms with Crippen LogP contribution in [0.5, 0.6) is 0 Å². The monoisotopic (exact) mass is 281 g/mol. The molecule has 0 bridgehead atoms. The SMILES string of the molecule is NC(c1cccc2ccsc12)C1CSCCS1. The standard InChI is InChI=1S/C13H15NS3/c14-12(11-8-15-6-7-16-11)10-3-1-2-9-4-5-17-13(9)10/h1-5,11-12H,6-8,14H2. The minimum absolute atomic E-state index is 0.176. The first-order valence-electron chi connectivity index (χ1n) is 5.77. The van der Waals surface area contributed by atoms with Crippen molar-refractivity contribution in [2.75, 3.05) is 17.3 Å². The van der Waals surface area contributed by atoms with Gasteiger partial charge in [0, 0.05) is 33.3 Å². The van der Waals surface area contributed by atoms with Gasteiger partial charge in [-0.05, 0) is 22.4 Å². The van der Waals surface area contributed by atoms with Crippen LogP contribution in [0.3, 0.4) is 0 Å². The zero-order valence-corrected chi connectivity index (χ0v) is 11.9. The maximum absolute atomic E-state index is 6.47. The molecule has 1 aliphatic heterocycles. The Hall–Kier alpha value is -0.160. The van der Waals surface area contributed by atoms with Gasteiger partial charge in [0.2, 0.25) is 0 Å². The highest BCUT2D eigenvalue weighted by Gasteiger charge is 2.24. The highest BCUT2D eigenvalue weighted by atomic mass is 32.2. The van der Waals surface area contributed by atoms with Gasteiger partial charge < -0.3 is 5.73 Å². The summed E-state index contributed by atoms with van der Waals surface area (Å²) >= 11 is 5.88. The third-order valence-electron chi connectivity index (χ3n) is 3.11. The summed E-state index contributed by atoms with van der Waals surface area (Å²) in [6.45, 7) is 0. The van der Waals surface area contributed by atoms with Gasteiger partial charge >= 0.3 is 0 Å². The molecule has 17 heavy (non-hydrogen) atoms. The molecule has 0 amide bonds. The Morgan fingerprint density at radius 2 is 2.18 bits per heavy atom. The molecule has 90 valence electrons. The lowest BCUT2D eigenvalue weighted by Gasteiger charge is -2.27. The number of nitrogens with two attached hydrogens (primary N) is 1. The van der Waals surface area contributed by atoms with Gasteiger partial charge in [0.1, 0.15) is 0 Å². The summed E-state index contributed by atoms with van der Waals surface area (Å²) in [6, 6.07) is 8.85. The Bertz CT molecular complexity index is 502. The van der Waals surface area contributed by atoms with Gasteiger partial charge in [-0.25, -0.2) is 0 Å². The Labute approximate surface area is 114 Å². The third-order valence-corrected chi connectivity index (χ3v) is 6.97. The number of rotatable bonds is 2. The lowest BCUT2D eigenvalue weighted by Crippen LogP contribution is -2.28. The van der Waals surface area contributed by atoms with Gasteiger partial charge in [0.15, 0.2) is 0 Å². The molecule has 1 aromatic heterocycles. The number of benzene rings is 1. The van der Waals surface area contributed by atoms with E-state index in [0.717, 1.165) is 0 Å². The molecule has 0 saturated carbocycles. The topological polar surface area (TPSA) is 26.0 Å². The van der Waals surface area contributed by atoms with E-state index in [2.05, 4.69) is 29.6 Å². The predicted molar refractivity (Wildman–Crippen MR) is 82.3 cm³/mol. The largest absolute Gasteiger partial charge is 0.323 e. The van der Waals surface area contributed by atoms with Crippen LogP contribution in [0, 0.1) is 0 Å². The summed E-state index contributed by atoms with van der Waals surface area (Å²) in [7, 11) is 0. The van der Waals surface area contributed by atoms with Crippen LogP contribution in [0.15, 0.2) is 29.6 Å². The van der Waals surface area contributed by atoms with E-state index in [1.807, 2.05) is 34.9 Å². The first kappa shape index (κ1) is 11.9. The zero-order valence-electron chi connectivity index (χ0n) is 9.46. The summed E-state index contributed by atoms with van der Waals surface area (Å²) in [6.07, 6.45) is 0. The second-order valence-corrected chi connectivity index (χ2v) is 7.61. The van der Waals surface area contributed by atoms with Gasteiger partial charge in [-0.3, -0.25) is 0 Å². The molecule has 1 fully saturated rings. The van der Waals surface area contributed by atoms with Crippen molar-refractivity contribution in [2.24, 2.45) is 5.73 Å². The summed E-state index contributed by atoms with van der Waals surface area (Å²) in [4.78, 5) is 0. The maximum Gasteiger partial charge on any atom is 0.0437 e. The number of thiophene rings is 1. The maximum atomic E-state index is 6.47. The normalized spacial score (nSPS) is 22.8. The fourth-order valence-corrected chi connectivity index (χ4v) is 5.95. The summed E-state index contributed by atoms with van der Waals surface area (Å²) in [5, 5.41) is 4.06. The fourth-order valence-electron chi connectivity index (χ4n) is 2.19. The molecule has 4 heteroatoms. The molecule has 2 unspecified atom stereocenters. The van der Waals surface area contributed by atoms with Crippen LogP contribution in [0.1, 0.15) is 11.6 Å². The number of thioether (sulfide) groups is 2. The predicted octanol–water partition coefficient (Wildman–Crippen LogP) is 3.75. The first-order chi connectivity index (χ1) is 8.36.